The summed E-state index contributed by atoms with van der Waals surface area (Å²) in [5.74, 6) is 0. The maximum absolute atomic E-state index is 2.67. The van der Waals surface area contributed by atoms with E-state index in [4.69, 9.17) is 0 Å². The first kappa shape index (κ1) is 26.1. The van der Waals surface area contributed by atoms with Crippen LogP contribution in [0.2, 0.25) is 12.8 Å². The molecule has 0 nitrogen and oxygen atoms in total. The Morgan fingerprint density at radius 1 is 0.355 bits per heavy atom. The van der Waals surface area contributed by atoms with Gasteiger partial charge in [0.1, 0.15) is 0 Å². The molecule has 0 radical (unpaired) electrons. The molecular formula is C30H57Cr. The zero-order valence-electron chi connectivity index (χ0n) is 23.0. The molecule has 0 aromatic heterocycles. The molecule has 0 N–H and O–H groups in total. The zero-order chi connectivity index (χ0) is 23.2. The fourth-order valence-electron chi connectivity index (χ4n) is 8.27. The van der Waals surface area contributed by atoms with Crippen molar-refractivity contribution in [3.8, 4) is 0 Å². The van der Waals surface area contributed by atoms with E-state index >= 15 is 0 Å². The van der Waals surface area contributed by atoms with E-state index in [0.29, 0.717) is 29.1 Å². The summed E-state index contributed by atoms with van der Waals surface area (Å²) in [6.45, 7) is 24.1. The monoisotopic (exact) mass is 469 g/mol. The van der Waals surface area contributed by atoms with E-state index in [0.717, 1.165) is 0 Å². The normalized spacial score (nSPS) is 27.3. The van der Waals surface area contributed by atoms with Gasteiger partial charge in [-0.2, -0.15) is 0 Å². The fourth-order valence-corrected chi connectivity index (χ4v) is 17.9. The first-order valence-electron chi connectivity index (χ1n) is 14.0. The summed E-state index contributed by atoms with van der Waals surface area (Å²) < 4.78 is 1.83. The molecule has 31 heavy (non-hydrogen) atoms. The molecule has 3 aliphatic rings. The quantitative estimate of drug-likeness (QED) is 0.385. The minimum atomic E-state index is -1.05. The first-order valence-corrected chi connectivity index (χ1v) is 15.9. The van der Waals surface area contributed by atoms with Gasteiger partial charge in [0.2, 0.25) is 0 Å². The van der Waals surface area contributed by atoms with Gasteiger partial charge in [0.25, 0.3) is 0 Å². The molecule has 0 aromatic rings. The third kappa shape index (κ3) is 4.36. The summed E-state index contributed by atoms with van der Waals surface area (Å²) in [6, 6.07) is 0. The summed E-state index contributed by atoms with van der Waals surface area (Å²) in [7, 11) is 0. The van der Waals surface area contributed by atoms with Crippen LogP contribution in [0.5, 0.6) is 0 Å². The van der Waals surface area contributed by atoms with Gasteiger partial charge in [-0.25, -0.2) is 0 Å². The van der Waals surface area contributed by atoms with E-state index in [-0.39, 0.29) is 0 Å². The molecule has 1 heteroatoms. The molecular weight excluding hydrogens is 412 g/mol. The van der Waals surface area contributed by atoms with E-state index in [2.05, 4.69) is 62.3 Å². The molecule has 3 fully saturated rings. The Morgan fingerprint density at radius 3 is 0.710 bits per heavy atom. The van der Waals surface area contributed by atoms with Gasteiger partial charge in [-0.1, -0.05) is 0 Å². The second kappa shape index (κ2) is 8.95. The second-order valence-electron chi connectivity index (χ2n) is 14.7. The van der Waals surface area contributed by atoms with Crippen LogP contribution in [0.25, 0.3) is 0 Å². The summed E-state index contributed by atoms with van der Waals surface area (Å²) in [6.07, 6.45) is 22.7. The fraction of sp³-hybridized carbons (Fsp3) is 1.00. The van der Waals surface area contributed by atoms with Gasteiger partial charge in [0, 0.05) is 0 Å². The van der Waals surface area contributed by atoms with E-state index < -0.39 is 14.1 Å². The summed E-state index contributed by atoms with van der Waals surface area (Å²) in [5.41, 5.74) is 1.30. The van der Waals surface area contributed by atoms with Crippen molar-refractivity contribution in [2.45, 2.75) is 171 Å². The molecule has 0 unspecified atom stereocenters. The molecule has 3 saturated carbocycles. The summed E-state index contributed by atoms with van der Waals surface area (Å²) in [5, 5.41) is 0. The Bertz CT molecular complexity index is 490. The molecule has 0 aromatic carbocycles. The average Bonchev–Trinajstić information content (AvgIpc) is 2.68. The zero-order valence-corrected chi connectivity index (χ0v) is 24.3. The topological polar surface area (TPSA) is 0 Å². The van der Waals surface area contributed by atoms with E-state index in [1.165, 1.54) is 96.3 Å². The van der Waals surface area contributed by atoms with Crippen LogP contribution >= 0.6 is 0 Å². The van der Waals surface area contributed by atoms with Crippen molar-refractivity contribution in [3.05, 3.63) is 0 Å². The van der Waals surface area contributed by atoms with Crippen LogP contribution in [0.3, 0.4) is 0 Å². The number of hydrogen-bond donors (Lipinski definition) is 0. The van der Waals surface area contributed by atoms with E-state index in [1.807, 2.05) is 0 Å². The Morgan fingerprint density at radius 2 is 0.548 bits per heavy atom. The molecule has 0 atom stereocenters. The van der Waals surface area contributed by atoms with Gasteiger partial charge in [-0.05, 0) is 0 Å². The predicted molar refractivity (Wildman–Crippen MR) is 136 cm³/mol. The van der Waals surface area contributed by atoms with Crippen molar-refractivity contribution in [2.24, 2.45) is 16.2 Å². The van der Waals surface area contributed by atoms with Crippen molar-refractivity contribution in [1.82, 2.24) is 0 Å². The SMILES string of the molecule is CC(C)(C)[C]1([Cr]([C]2(C(C)(C)C)CCCCC2)[C]2(C(C)(C)C)CCCCC2)CCCCC1. The molecule has 0 aliphatic heterocycles. The van der Waals surface area contributed by atoms with Crippen molar-refractivity contribution < 1.29 is 14.1 Å². The van der Waals surface area contributed by atoms with E-state index in [1.54, 1.807) is 0 Å². The third-order valence-corrected chi connectivity index (χ3v) is 18.7. The van der Waals surface area contributed by atoms with Crippen LogP contribution in [0.15, 0.2) is 0 Å². The average molecular weight is 470 g/mol. The molecule has 183 valence electrons. The molecule has 0 amide bonds. The van der Waals surface area contributed by atoms with Crippen LogP contribution < -0.4 is 0 Å². The van der Waals surface area contributed by atoms with Crippen LogP contribution in [0.1, 0.15) is 159 Å². The van der Waals surface area contributed by atoms with E-state index in [9.17, 15) is 0 Å². The maximum atomic E-state index is 2.67. The molecule has 3 rings (SSSR count). The van der Waals surface area contributed by atoms with Crippen molar-refractivity contribution >= 4 is 0 Å². The number of rotatable bonds is 3. The number of hydrogen-bond acceptors (Lipinski definition) is 0. The van der Waals surface area contributed by atoms with Crippen LogP contribution in [0, 0.1) is 16.2 Å². The molecule has 0 bridgehead atoms. The minimum absolute atomic E-state index is 0.434. The Balaban J connectivity index is 2.35. The van der Waals surface area contributed by atoms with Gasteiger partial charge in [-0.15, -0.1) is 0 Å². The molecule has 3 aliphatic carbocycles. The van der Waals surface area contributed by atoms with Crippen molar-refractivity contribution in [1.29, 1.82) is 0 Å². The van der Waals surface area contributed by atoms with Gasteiger partial charge >= 0.3 is 202 Å². The summed E-state index contributed by atoms with van der Waals surface area (Å²) in [4.78, 5) is 0. The molecule has 0 heterocycles. The Hall–Kier alpha value is 0.532. The van der Waals surface area contributed by atoms with Gasteiger partial charge in [0.15, 0.2) is 0 Å². The molecule has 0 saturated heterocycles. The van der Waals surface area contributed by atoms with Crippen LogP contribution in [-0.2, 0) is 14.1 Å². The third-order valence-electron chi connectivity index (χ3n) is 10.3. The second-order valence-corrected chi connectivity index (χ2v) is 19.3. The Labute approximate surface area is 201 Å². The first-order chi connectivity index (χ1) is 14.2. The Kier molecular flexibility index (Phi) is 7.55. The van der Waals surface area contributed by atoms with Gasteiger partial charge < -0.3 is 0 Å². The standard InChI is InChI=1S/3C10H19.Cr/c3*1-10(2,3)9-7-5-4-6-8-9;/h3*4-8H2,1-3H3;. The van der Waals surface area contributed by atoms with Gasteiger partial charge in [0.05, 0.1) is 0 Å². The van der Waals surface area contributed by atoms with Crippen molar-refractivity contribution in [2.75, 3.05) is 0 Å². The van der Waals surface area contributed by atoms with Gasteiger partial charge in [-0.3, -0.25) is 0 Å². The van der Waals surface area contributed by atoms with Crippen LogP contribution in [0.4, 0.5) is 0 Å². The molecule has 0 spiro atoms. The van der Waals surface area contributed by atoms with Crippen molar-refractivity contribution in [3.63, 3.8) is 0 Å². The van der Waals surface area contributed by atoms with Crippen LogP contribution in [-0.4, -0.2) is 0 Å². The predicted octanol–water partition coefficient (Wildman–Crippen LogP) is 11.1. The summed E-state index contributed by atoms with van der Waals surface area (Å²) >= 11 is -1.05.